The van der Waals surface area contributed by atoms with Crippen molar-refractivity contribution in [2.45, 2.75) is 59.3 Å². The second-order valence-corrected chi connectivity index (χ2v) is 5.32. The van der Waals surface area contributed by atoms with Gasteiger partial charge in [0.1, 0.15) is 0 Å². The first kappa shape index (κ1) is 14.9. The molecule has 0 spiro atoms. The van der Waals surface area contributed by atoms with E-state index in [1.54, 1.807) is 6.92 Å². The molecule has 0 aromatic rings. The number of carbonyl (C=O) groups excluding carboxylic acids is 1. The van der Waals surface area contributed by atoms with Crippen LogP contribution in [0.2, 0.25) is 0 Å². The summed E-state index contributed by atoms with van der Waals surface area (Å²) in [5.74, 6) is -0.726. The molecule has 2 unspecified atom stereocenters. The fourth-order valence-corrected chi connectivity index (χ4v) is 3.22. The molecule has 0 saturated carbocycles. The van der Waals surface area contributed by atoms with E-state index < -0.39 is 11.4 Å². The summed E-state index contributed by atoms with van der Waals surface area (Å²) in [6.07, 6.45) is 6.56. The highest BCUT2D eigenvalue weighted by molar-refractivity contribution is 5.95. The number of rotatable bonds is 6. The highest BCUT2D eigenvalue weighted by Crippen LogP contribution is 2.46. The Labute approximate surface area is 109 Å². The van der Waals surface area contributed by atoms with Gasteiger partial charge in [-0.15, -0.1) is 0 Å². The van der Waals surface area contributed by atoms with Gasteiger partial charge in [0.25, 0.3) is 0 Å². The van der Waals surface area contributed by atoms with Crippen LogP contribution in [0.4, 0.5) is 0 Å². The van der Waals surface area contributed by atoms with Gasteiger partial charge in [-0.1, -0.05) is 38.7 Å². The van der Waals surface area contributed by atoms with Crippen molar-refractivity contribution in [3.63, 3.8) is 0 Å². The van der Waals surface area contributed by atoms with Crippen LogP contribution in [0.5, 0.6) is 0 Å². The van der Waals surface area contributed by atoms with Gasteiger partial charge < -0.3 is 5.11 Å². The van der Waals surface area contributed by atoms with Gasteiger partial charge in [-0.25, -0.2) is 0 Å². The van der Waals surface area contributed by atoms with Crippen LogP contribution in [0, 0.1) is 11.3 Å². The molecule has 102 valence electrons. The van der Waals surface area contributed by atoms with Crippen LogP contribution >= 0.6 is 0 Å². The lowest BCUT2D eigenvalue weighted by Gasteiger charge is -2.40. The predicted octanol–water partition coefficient (Wildman–Crippen LogP) is 3.58. The number of carboxylic acid groups (broad SMARTS) is 1. The van der Waals surface area contributed by atoms with Crippen LogP contribution in [-0.4, -0.2) is 16.9 Å². The lowest BCUT2D eigenvalue weighted by atomic mass is 9.62. The lowest BCUT2D eigenvalue weighted by Crippen LogP contribution is -2.43. The van der Waals surface area contributed by atoms with Gasteiger partial charge in [-0.05, 0) is 31.8 Å². The van der Waals surface area contributed by atoms with Gasteiger partial charge >= 0.3 is 5.97 Å². The van der Waals surface area contributed by atoms with Crippen molar-refractivity contribution < 1.29 is 14.7 Å². The molecule has 18 heavy (non-hydrogen) atoms. The van der Waals surface area contributed by atoms with E-state index in [1.165, 1.54) is 6.08 Å². The molecule has 3 nitrogen and oxygen atoms in total. The van der Waals surface area contributed by atoms with Crippen LogP contribution < -0.4 is 0 Å². The number of hydrogen-bond acceptors (Lipinski definition) is 2. The molecule has 1 N–H and O–H groups in total. The largest absolute Gasteiger partial charge is 0.481 e. The third kappa shape index (κ3) is 2.65. The van der Waals surface area contributed by atoms with E-state index >= 15 is 0 Å². The number of ketones is 1. The number of hydrogen-bond donors (Lipinski definition) is 1. The summed E-state index contributed by atoms with van der Waals surface area (Å²) < 4.78 is 0. The Morgan fingerprint density at radius 1 is 1.44 bits per heavy atom. The molecular weight excluding hydrogens is 228 g/mol. The van der Waals surface area contributed by atoms with Crippen molar-refractivity contribution in [2.24, 2.45) is 11.3 Å². The number of unbranched alkanes of at least 4 members (excludes halogenated alkanes) is 2. The Hall–Kier alpha value is -1.12. The maximum atomic E-state index is 11.7. The molecule has 1 rings (SSSR count). The zero-order valence-corrected chi connectivity index (χ0v) is 11.7. The summed E-state index contributed by atoms with van der Waals surface area (Å²) >= 11 is 0. The van der Waals surface area contributed by atoms with E-state index in [1.807, 2.05) is 6.92 Å². The van der Waals surface area contributed by atoms with Crippen molar-refractivity contribution in [3.8, 4) is 0 Å². The van der Waals surface area contributed by atoms with Crippen molar-refractivity contribution in [1.29, 1.82) is 0 Å². The number of allylic oxidation sites excluding steroid dienone is 1. The maximum absolute atomic E-state index is 11.7. The number of carbonyl (C=O) groups is 2. The third-order valence-corrected chi connectivity index (χ3v) is 4.32. The SMILES string of the molecule is CCCCCC1CC(=O)C=C(C)C1(CC)C(=O)O. The Kier molecular flexibility index (Phi) is 5.12. The van der Waals surface area contributed by atoms with Gasteiger partial charge in [-0.3, -0.25) is 9.59 Å². The molecule has 1 aliphatic carbocycles. The Bertz CT molecular complexity index is 357. The minimum absolute atomic E-state index is 0.0379. The second kappa shape index (κ2) is 6.17. The first-order valence-electron chi connectivity index (χ1n) is 6.94. The maximum Gasteiger partial charge on any atom is 0.314 e. The van der Waals surface area contributed by atoms with Crippen molar-refractivity contribution in [1.82, 2.24) is 0 Å². The van der Waals surface area contributed by atoms with Crippen LogP contribution in [-0.2, 0) is 9.59 Å². The van der Waals surface area contributed by atoms with Crippen LogP contribution in [0.1, 0.15) is 59.3 Å². The number of aliphatic carboxylic acids is 1. The Balaban J connectivity index is 3.00. The molecule has 0 bridgehead atoms. The molecule has 0 aromatic carbocycles. The molecule has 0 aliphatic heterocycles. The van der Waals surface area contributed by atoms with Crippen molar-refractivity contribution in [2.75, 3.05) is 0 Å². The minimum Gasteiger partial charge on any atom is -0.481 e. The summed E-state index contributed by atoms with van der Waals surface area (Å²) in [6.45, 7) is 5.83. The van der Waals surface area contributed by atoms with E-state index in [9.17, 15) is 14.7 Å². The molecule has 0 aromatic heterocycles. The van der Waals surface area contributed by atoms with Gasteiger partial charge in [0, 0.05) is 6.42 Å². The zero-order valence-electron chi connectivity index (χ0n) is 11.7. The Morgan fingerprint density at radius 2 is 2.11 bits per heavy atom. The van der Waals surface area contributed by atoms with Crippen molar-refractivity contribution in [3.05, 3.63) is 11.6 Å². The fourth-order valence-electron chi connectivity index (χ4n) is 3.22. The molecule has 2 atom stereocenters. The fraction of sp³-hybridized carbons (Fsp3) is 0.733. The van der Waals surface area contributed by atoms with E-state index in [-0.39, 0.29) is 11.7 Å². The van der Waals surface area contributed by atoms with E-state index in [4.69, 9.17) is 0 Å². The summed E-state index contributed by atoms with van der Waals surface area (Å²) in [4.78, 5) is 23.4. The molecule has 0 fully saturated rings. The molecule has 0 saturated heterocycles. The number of carboxylic acids is 1. The zero-order chi connectivity index (χ0) is 13.8. The molecule has 0 radical (unpaired) electrons. The first-order valence-corrected chi connectivity index (χ1v) is 6.94. The third-order valence-electron chi connectivity index (χ3n) is 4.32. The summed E-state index contributed by atoms with van der Waals surface area (Å²) in [5.41, 5.74) is -0.0861. The van der Waals surface area contributed by atoms with Crippen LogP contribution in [0.15, 0.2) is 11.6 Å². The first-order chi connectivity index (χ1) is 8.48. The van der Waals surface area contributed by atoms with Gasteiger partial charge in [0.2, 0.25) is 0 Å². The molecule has 0 amide bonds. The van der Waals surface area contributed by atoms with Gasteiger partial charge in [0.15, 0.2) is 5.78 Å². The Morgan fingerprint density at radius 3 is 2.61 bits per heavy atom. The predicted molar refractivity (Wildman–Crippen MR) is 71.4 cm³/mol. The van der Waals surface area contributed by atoms with E-state index in [0.717, 1.165) is 31.3 Å². The summed E-state index contributed by atoms with van der Waals surface area (Å²) in [7, 11) is 0. The molecule has 3 heteroatoms. The van der Waals surface area contributed by atoms with E-state index in [2.05, 4.69) is 6.92 Å². The normalized spacial score (nSPS) is 28.1. The summed E-state index contributed by atoms with van der Waals surface area (Å²) in [5, 5.41) is 9.62. The minimum atomic E-state index is -0.818. The molecular formula is C15H24O3. The van der Waals surface area contributed by atoms with Crippen molar-refractivity contribution >= 4 is 11.8 Å². The van der Waals surface area contributed by atoms with Gasteiger partial charge in [0.05, 0.1) is 5.41 Å². The molecule has 1 aliphatic rings. The lowest BCUT2D eigenvalue weighted by molar-refractivity contribution is -0.151. The highest BCUT2D eigenvalue weighted by atomic mass is 16.4. The smallest absolute Gasteiger partial charge is 0.314 e. The van der Waals surface area contributed by atoms with Crippen LogP contribution in [0.3, 0.4) is 0 Å². The summed E-state index contributed by atoms with van der Waals surface area (Å²) in [6, 6.07) is 0. The quantitative estimate of drug-likeness (QED) is 0.735. The van der Waals surface area contributed by atoms with Crippen LogP contribution in [0.25, 0.3) is 0 Å². The topological polar surface area (TPSA) is 54.4 Å². The average molecular weight is 252 g/mol. The van der Waals surface area contributed by atoms with E-state index in [0.29, 0.717) is 12.8 Å². The highest BCUT2D eigenvalue weighted by Gasteiger charge is 2.48. The second-order valence-electron chi connectivity index (χ2n) is 5.32. The monoisotopic (exact) mass is 252 g/mol. The average Bonchev–Trinajstić information content (AvgIpc) is 2.29. The van der Waals surface area contributed by atoms with Gasteiger partial charge in [-0.2, -0.15) is 0 Å². The molecule has 0 heterocycles. The standard InChI is InChI=1S/C15H24O3/c1-4-6-7-8-12-10-13(16)9-11(3)15(12,5-2)14(17)18/h9,12H,4-8,10H2,1-3H3,(H,17,18).